The van der Waals surface area contributed by atoms with Crippen LogP contribution in [0.25, 0.3) is 0 Å². The zero-order chi connectivity index (χ0) is 10.2. The second-order valence-electron chi connectivity index (χ2n) is 3.33. The molecule has 1 aromatic rings. The van der Waals surface area contributed by atoms with Crippen LogP contribution in [0, 0.1) is 0 Å². The molecule has 1 N–H and O–H groups in total. The summed E-state index contributed by atoms with van der Waals surface area (Å²) in [6.45, 7) is 0. The molecule has 1 aliphatic rings. The maximum atomic E-state index is 11.1. The number of hydrogen-bond donors (Lipinski definition) is 1. The molecule has 1 fully saturated rings. The monoisotopic (exact) mass is 231 g/mol. The molecule has 0 aliphatic carbocycles. The van der Waals surface area contributed by atoms with Crippen molar-refractivity contribution in [1.82, 2.24) is 4.72 Å². The molecule has 0 bridgehead atoms. The third kappa shape index (κ3) is 2.08. The molecule has 1 aliphatic heterocycles. The van der Waals surface area contributed by atoms with E-state index in [2.05, 4.69) is 4.72 Å². The maximum absolute atomic E-state index is 11.1. The first-order chi connectivity index (χ1) is 6.57. The summed E-state index contributed by atoms with van der Waals surface area (Å²) in [4.78, 5) is 0. The highest BCUT2D eigenvalue weighted by Crippen LogP contribution is 2.24. The topological polar surface area (TPSA) is 46.2 Å². The van der Waals surface area contributed by atoms with E-state index < -0.39 is 10.0 Å². The van der Waals surface area contributed by atoms with Crippen LogP contribution in [0.5, 0.6) is 0 Å². The summed E-state index contributed by atoms with van der Waals surface area (Å²) in [6.07, 6.45) is 0.629. The van der Waals surface area contributed by atoms with Crippen LogP contribution >= 0.6 is 11.6 Å². The minimum atomic E-state index is -3.04. The molecule has 2 rings (SSSR count). The number of halogens is 1. The second-order valence-corrected chi connectivity index (χ2v) is 5.64. The van der Waals surface area contributed by atoms with Crippen molar-refractivity contribution in [2.45, 2.75) is 12.5 Å². The molecule has 1 aromatic carbocycles. The smallest absolute Gasteiger partial charge is 0.212 e. The summed E-state index contributed by atoms with van der Waals surface area (Å²) in [6, 6.07) is 7.14. The highest BCUT2D eigenvalue weighted by Gasteiger charge is 2.27. The van der Waals surface area contributed by atoms with E-state index in [9.17, 15) is 8.42 Å². The van der Waals surface area contributed by atoms with Crippen molar-refractivity contribution in [1.29, 1.82) is 0 Å². The van der Waals surface area contributed by atoms with Gasteiger partial charge in [0.05, 0.1) is 5.75 Å². The quantitative estimate of drug-likeness (QED) is 0.800. The van der Waals surface area contributed by atoms with E-state index >= 15 is 0 Å². The van der Waals surface area contributed by atoms with E-state index in [1.54, 1.807) is 12.1 Å². The van der Waals surface area contributed by atoms with Crippen molar-refractivity contribution in [3.8, 4) is 0 Å². The highest BCUT2D eigenvalue weighted by atomic mass is 35.5. The molecule has 0 aromatic heterocycles. The summed E-state index contributed by atoms with van der Waals surface area (Å²) in [7, 11) is -3.04. The van der Waals surface area contributed by atoms with Gasteiger partial charge in [-0.3, -0.25) is 0 Å². The summed E-state index contributed by atoms with van der Waals surface area (Å²) in [5, 5.41) is 0.662. The minimum absolute atomic E-state index is 0.0859. The van der Waals surface area contributed by atoms with Crippen LogP contribution < -0.4 is 4.72 Å². The van der Waals surface area contributed by atoms with Crippen LogP contribution in [0.1, 0.15) is 18.0 Å². The van der Waals surface area contributed by atoms with E-state index in [4.69, 9.17) is 11.6 Å². The Morgan fingerprint density at radius 2 is 1.93 bits per heavy atom. The van der Waals surface area contributed by atoms with Gasteiger partial charge < -0.3 is 0 Å². The predicted octanol–water partition coefficient (Wildman–Crippen LogP) is 1.70. The lowest BCUT2D eigenvalue weighted by atomic mass is 10.1. The molecule has 1 unspecified atom stereocenters. The molecular weight excluding hydrogens is 222 g/mol. The van der Waals surface area contributed by atoms with Gasteiger partial charge in [-0.25, -0.2) is 13.1 Å². The van der Waals surface area contributed by atoms with Crippen molar-refractivity contribution in [3.63, 3.8) is 0 Å². The van der Waals surface area contributed by atoms with Gasteiger partial charge in [0.2, 0.25) is 10.0 Å². The Kier molecular flexibility index (Phi) is 2.51. The molecule has 1 atom stereocenters. The minimum Gasteiger partial charge on any atom is -0.212 e. The molecule has 0 amide bonds. The Morgan fingerprint density at radius 3 is 2.43 bits per heavy atom. The Balaban J connectivity index is 2.22. The summed E-state index contributed by atoms with van der Waals surface area (Å²) in [5.74, 6) is 0.209. The number of benzene rings is 1. The number of rotatable bonds is 1. The molecule has 76 valence electrons. The van der Waals surface area contributed by atoms with Crippen molar-refractivity contribution >= 4 is 21.6 Å². The van der Waals surface area contributed by atoms with Gasteiger partial charge in [-0.1, -0.05) is 23.7 Å². The third-order valence-corrected chi connectivity index (χ3v) is 3.94. The van der Waals surface area contributed by atoms with Crippen molar-refractivity contribution < 1.29 is 8.42 Å². The Morgan fingerprint density at radius 1 is 1.29 bits per heavy atom. The first-order valence-corrected chi connectivity index (χ1v) is 6.35. The lowest BCUT2D eigenvalue weighted by Gasteiger charge is -2.08. The molecular formula is C9H10ClNO2S. The Hall–Kier alpha value is -0.580. The molecule has 3 nitrogen and oxygen atoms in total. The van der Waals surface area contributed by atoms with Crippen molar-refractivity contribution in [2.24, 2.45) is 0 Å². The fourth-order valence-electron chi connectivity index (χ4n) is 1.54. The van der Waals surface area contributed by atoms with Crippen molar-refractivity contribution in [3.05, 3.63) is 34.9 Å². The maximum Gasteiger partial charge on any atom is 0.212 e. The van der Waals surface area contributed by atoms with Crippen LogP contribution in [0.4, 0.5) is 0 Å². The van der Waals surface area contributed by atoms with Gasteiger partial charge in [-0.15, -0.1) is 0 Å². The average Bonchev–Trinajstić information content (AvgIpc) is 2.47. The Labute approximate surface area is 88.1 Å². The molecule has 5 heteroatoms. The first-order valence-electron chi connectivity index (χ1n) is 4.32. The van der Waals surface area contributed by atoms with Crippen LogP contribution in [0.15, 0.2) is 24.3 Å². The number of sulfonamides is 1. The van der Waals surface area contributed by atoms with E-state index in [0.29, 0.717) is 11.4 Å². The largest absolute Gasteiger partial charge is 0.212 e. The van der Waals surface area contributed by atoms with Gasteiger partial charge in [-0.2, -0.15) is 0 Å². The molecule has 1 heterocycles. The van der Waals surface area contributed by atoms with Crippen LogP contribution in [0.3, 0.4) is 0 Å². The third-order valence-electron chi connectivity index (χ3n) is 2.27. The fraction of sp³-hybridized carbons (Fsp3) is 0.333. The van der Waals surface area contributed by atoms with Gasteiger partial charge >= 0.3 is 0 Å². The molecule has 14 heavy (non-hydrogen) atoms. The van der Waals surface area contributed by atoms with E-state index in [1.165, 1.54) is 0 Å². The summed E-state index contributed by atoms with van der Waals surface area (Å²) < 4.78 is 24.9. The second kappa shape index (κ2) is 3.53. The zero-order valence-corrected chi connectivity index (χ0v) is 8.98. The number of hydrogen-bond acceptors (Lipinski definition) is 2. The Bertz CT molecular complexity index is 427. The van der Waals surface area contributed by atoms with E-state index in [-0.39, 0.29) is 11.8 Å². The zero-order valence-electron chi connectivity index (χ0n) is 7.40. The fourth-order valence-corrected chi connectivity index (χ4v) is 3.01. The molecule has 0 saturated carbocycles. The predicted molar refractivity (Wildman–Crippen MR) is 55.7 cm³/mol. The standard InChI is InChI=1S/C9H10ClNO2S/c10-8-3-1-7(2-4-8)9-5-6-14(12,13)11-9/h1-4,9,11H,5-6H2. The van der Waals surface area contributed by atoms with Gasteiger partial charge in [-0.05, 0) is 24.1 Å². The van der Waals surface area contributed by atoms with Gasteiger partial charge in [0.15, 0.2) is 0 Å². The van der Waals surface area contributed by atoms with Gasteiger partial charge in [0.1, 0.15) is 0 Å². The molecule has 0 spiro atoms. The lowest BCUT2D eigenvalue weighted by Crippen LogP contribution is -2.19. The van der Waals surface area contributed by atoms with Gasteiger partial charge in [0.25, 0.3) is 0 Å². The average molecular weight is 232 g/mol. The van der Waals surface area contributed by atoms with E-state index in [0.717, 1.165) is 5.56 Å². The normalized spacial score (nSPS) is 25.1. The van der Waals surface area contributed by atoms with Crippen LogP contribution in [0.2, 0.25) is 5.02 Å². The SMILES string of the molecule is O=S1(=O)CCC(c2ccc(Cl)cc2)N1. The van der Waals surface area contributed by atoms with Crippen LogP contribution in [-0.4, -0.2) is 14.2 Å². The van der Waals surface area contributed by atoms with Crippen molar-refractivity contribution in [2.75, 3.05) is 5.75 Å². The van der Waals surface area contributed by atoms with Crippen LogP contribution in [-0.2, 0) is 10.0 Å². The molecule has 0 radical (unpaired) electrons. The number of nitrogens with one attached hydrogen (secondary N) is 1. The van der Waals surface area contributed by atoms with Gasteiger partial charge in [0, 0.05) is 11.1 Å². The molecule has 1 saturated heterocycles. The summed E-state index contributed by atoms with van der Waals surface area (Å²) in [5.41, 5.74) is 0.968. The first kappa shape index (κ1) is 9.96. The highest BCUT2D eigenvalue weighted by molar-refractivity contribution is 7.89. The van der Waals surface area contributed by atoms with E-state index in [1.807, 2.05) is 12.1 Å². The summed E-state index contributed by atoms with van der Waals surface area (Å²) >= 11 is 5.74. The lowest BCUT2D eigenvalue weighted by molar-refractivity contribution is 0.586.